The highest BCUT2D eigenvalue weighted by Gasteiger charge is 2.34. The molecule has 2 amide bonds. The molecule has 2 aromatic rings. The Morgan fingerprint density at radius 2 is 1.89 bits per heavy atom. The molecular formula is C26H36N4O5. The Kier molecular flexibility index (Phi) is 8.95. The first-order valence-electron chi connectivity index (χ1n) is 12.0. The fraction of sp³-hybridized carbons (Fsp3) is 0.462. The largest absolute Gasteiger partial charge is 0.465 e. The zero-order valence-corrected chi connectivity index (χ0v) is 20.8. The first-order valence-corrected chi connectivity index (χ1v) is 12.0. The average molecular weight is 485 g/mol. The molecule has 0 aliphatic carbocycles. The van der Waals surface area contributed by atoms with Crippen LogP contribution in [0.3, 0.4) is 0 Å². The number of carboxylic acid groups (broad SMARTS) is 1. The maximum Gasteiger partial charge on any atom is 0.404 e. The number of anilines is 1. The molecule has 0 aromatic heterocycles. The van der Waals surface area contributed by atoms with E-state index in [1.165, 1.54) is 0 Å². The molecule has 0 saturated carbocycles. The van der Waals surface area contributed by atoms with Crippen LogP contribution >= 0.6 is 0 Å². The second kappa shape index (κ2) is 11.9. The van der Waals surface area contributed by atoms with Gasteiger partial charge >= 0.3 is 6.09 Å². The summed E-state index contributed by atoms with van der Waals surface area (Å²) in [5, 5.41) is 24.9. The third kappa shape index (κ3) is 6.86. The van der Waals surface area contributed by atoms with Crippen molar-refractivity contribution in [2.45, 2.75) is 45.7 Å². The minimum Gasteiger partial charge on any atom is -0.465 e. The number of rotatable bonds is 11. The number of ether oxygens (including phenoxy) is 1. The number of hydrogen-bond acceptors (Lipinski definition) is 6. The smallest absolute Gasteiger partial charge is 0.404 e. The molecule has 190 valence electrons. The topological polar surface area (TPSA) is 114 Å². The summed E-state index contributed by atoms with van der Waals surface area (Å²) >= 11 is 0. The molecule has 9 nitrogen and oxygen atoms in total. The minimum absolute atomic E-state index is 0.102. The Balaban J connectivity index is 1.67. The van der Waals surface area contributed by atoms with E-state index in [1.54, 1.807) is 12.1 Å². The van der Waals surface area contributed by atoms with Gasteiger partial charge in [0.2, 0.25) is 6.35 Å². The van der Waals surface area contributed by atoms with Crippen LogP contribution in [0.1, 0.15) is 36.7 Å². The highest BCUT2D eigenvalue weighted by Crippen LogP contribution is 2.39. The summed E-state index contributed by atoms with van der Waals surface area (Å²) in [4.78, 5) is 28.4. The van der Waals surface area contributed by atoms with Crippen molar-refractivity contribution in [3.63, 3.8) is 0 Å². The molecule has 1 aliphatic heterocycles. The van der Waals surface area contributed by atoms with Crippen LogP contribution in [0.25, 0.3) is 0 Å². The zero-order chi connectivity index (χ0) is 25.5. The Labute approximate surface area is 206 Å². The lowest BCUT2D eigenvalue weighted by Crippen LogP contribution is -2.49. The van der Waals surface area contributed by atoms with Gasteiger partial charge in [-0.1, -0.05) is 51.1 Å². The molecular weight excluding hydrogens is 448 g/mol. The molecule has 1 unspecified atom stereocenters. The van der Waals surface area contributed by atoms with Crippen LogP contribution in [0, 0.1) is 5.92 Å². The van der Waals surface area contributed by atoms with Crippen molar-refractivity contribution < 1.29 is 24.5 Å². The van der Waals surface area contributed by atoms with Crippen LogP contribution in [0.4, 0.5) is 10.5 Å². The maximum atomic E-state index is 12.8. The van der Waals surface area contributed by atoms with Crippen molar-refractivity contribution in [2.24, 2.45) is 5.92 Å². The summed E-state index contributed by atoms with van der Waals surface area (Å²) in [5.74, 6) is 0.704. The number of aliphatic hydroxyl groups excluding tert-OH is 1. The van der Waals surface area contributed by atoms with Crippen LogP contribution in [0.5, 0.6) is 5.75 Å². The van der Waals surface area contributed by atoms with Crippen LogP contribution in [-0.2, 0) is 6.42 Å². The Hall–Kier alpha value is -3.30. The summed E-state index contributed by atoms with van der Waals surface area (Å²) in [7, 11) is 2.00. The maximum absolute atomic E-state index is 12.8. The van der Waals surface area contributed by atoms with E-state index in [2.05, 4.69) is 41.2 Å². The monoisotopic (exact) mass is 484 g/mol. The van der Waals surface area contributed by atoms with Crippen molar-refractivity contribution in [2.75, 3.05) is 31.6 Å². The molecule has 1 aliphatic rings. The summed E-state index contributed by atoms with van der Waals surface area (Å²) in [6.45, 7) is 7.90. The zero-order valence-electron chi connectivity index (χ0n) is 20.8. The molecule has 0 fully saturated rings. The van der Waals surface area contributed by atoms with Gasteiger partial charge in [0.25, 0.3) is 5.91 Å². The molecule has 0 spiro atoms. The van der Waals surface area contributed by atoms with E-state index in [-0.39, 0.29) is 18.8 Å². The Morgan fingerprint density at radius 1 is 1.17 bits per heavy atom. The van der Waals surface area contributed by atoms with Crippen molar-refractivity contribution in [1.82, 2.24) is 15.5 Å². The fourth-order valence-corrected chi connectivity index (χ4v) is 4.10. The molecule has 2 aromatic carbocycles. The van der Waals surface area contributed by atoms with Crippen molar-refractivity contribution >= 4 is 17.7 Å². The van der Waals surface area contributed by atoms with Crippen molar-refractivity contribution in [3.8, 4) is 5.75 Å². The molecule has 4 N–H and O–H groups in total. The highest BCUT2D eigenvalue weighted by molar-refractivity contribution is 5.95. The molecule has 9 heteroatoms. The van der Waals surface area contributed by atoms with Gasteiger partial charge in [-0.3, -0.25) is 9.69 Å². The van der Waals surface area contributed by atoms with E-state index in [0.29, 0.717) is 23.7 Å². The van der Waals surface area contributed by atoms with Gasteiger partial charge in [-0.15, -0.1) is 0 Å². The SMILES string of the molecule is CCN(C)C1Oc2cc(C(=O)NC[C@H](O)[C@H](Cc3ccccc3)NC(=O)O)ccc2N1CC(C)C. The molecule has 3 atom stereocenters. The van der Waals surface area contributed by atoms with E-state index in [1.807, 2.05) is 43.4 Å². The van der Waals surface area contributed by atoms with Crippen LogP contribution in [0.15, 0.2) is 48.5 Å². The predicted molar refractivity (Wildman–Crippen MR) is 135 cm³/mol. The summed E-state index contributed by atoms with van der Waals surface area (Å²) in [6.07, 6.45) is -2.28. The van der Waals surface area contributed by atoms with E-state index in [0.717, 1.165) is 24.3 Å². The molecule has 0 saturated heterocycles. The normalized spacial score (nSPS) is 16.5. The van der Waals surface area contributed by atoms with Crippen LogP contribution in [-0.4, -0.2) is 72.3 Å². The number of amides is 2. The molecule has 35 heavy (non-hydrogen) atoms. The third-order valence-corrected chi connectivity index (χ3v) is 6.01. The second-order valence-electron chi connectivity index (χ2n) is 9.27. The van der Waals surface area contributed by atoms with Gasteiger partial charge < -0.3 is 30.5 Å². The summed E-state index contributed by atoms with van der Waals surface area (Å²) in [5.41, 5.74) is 2.23. The Morgan fingerprint density at radius 3 is 2.51 bits per heavy atom. The number of nitrogens with zero attached hydrogens (tertiary/aromatic N) is 2. The quantitative estimate of drug-likeness (QED) is 0.388. The number of benzene rings is 2. The van der Waals surface area contributed by atoms with Gasteiger partial charge in [-0.05, 0) is 43.1 Å². The van der Waals surface area contributed by atoms with Gasteiger partial charge in [0.1, 0.15) is 5.75 Å². The van der Waals surface area contributed by atoms with E-state index < -0.39 is 18.2 Å². The number of carbonyl (C=O) groups excluding carboxylic acids is 1. The average Bonchev–Trinajstić information content (AvgIpc) is 3.18. The second-order valence-corrected chi connectivity index (χ2v) is 9.27. The van der Waals surface area contributed by atoms with Gasteiger partial charge in [0, 0.05) is 25.2 Å². The van der Waals surface area contributed by atoms with Gasteiger partial charge in [0.05, 0.1) is 17.8 Å². The fourth-order valence-electron chi connectivity index (χ4n) is 4.10. The van der Waals surface area contributed by atoms with E-state index in [4.69, 9.17) is 4.74 Å². The van der Waals surface area contributed by atoms with E-state index >= 15 is 0 Å². The minimum atomic E-state index is -1.23. The molecule has 0 radical (unpaired) electrons. The third-order valence-electron chi connectivity index (χ3n) is 6.01. The van der Waals surface area contributed by atoms with E-state index in [9.17, 15) is 19.8 Å². The lowest BCUT2D eigenvalue weighted by atomic mass is 10.0. The van der Waals surface area contributed by atoms with Crippen LogP contribution < -0.4 is 20.3 Å². The van der Waals surface area contributed by atoms with Crippen molar-refractivity contribution in [1.29, 1.82) is 0 Å². The molecule has 1 heterocycles. The van der Waals surface area contributed by atoms with Gasteiger partial charge in [-0.25, -0.2) is 4.79 Å². The lowest BCUT2D eigenvalue weighted by molar-refractivity contribution is 0.0617. The number of aliphatic hydroxyl groups is 1. The highest BCUT2D eigenvalue weighted by atomic mass is 16.5. The number of nitrogens with one attached hydrogen (secondary N) is 2. The van der Waals surface area contributed by atoms with Crippen molar-refractivity contribution in [3.05, 3.63) is 59.7 Å². The predicted octanol–water partition coefficient (Wildman–Crippen LogP) is 2.75. The molecule has 3 rings (SSSR count). The van der Waals surface area contributed by atoms with Gasteiger partial charge in [0.15, 0.2) is 0 Å². The number of carbonyl (C=O) groups is 2. The summed E-state index contributed by atoms with van der Waals surface area (Å²) < 4.78 is 6.19. The van der Waals surface area contributed by atoms with Crippen LogP contribution in [0.2, 0.25) is 0 Å². The molecule has 0 bridgehead atoms. The standard InChI is InChI=1S/C26H36N4O5/c1-5-29(4)26-30(16-17(2)3)21-12-11-19(14-23(21)35-26)24(32)27-15-22(31)20(28-25(33)34)13-18-9-7-6-8-10-18/h6-12,14,17,20,22,26,28,31H,5,13,15-16H2,1-4H3,(H,27,32)(H,33,34)/t20-,22-,26?/m0/s1. The first kappa shape index (κ1) is 26.3. The van der Waals surface area contributed by atoms with Gasteiger partial charge in [-0.2, -0.15) is 0 Å². The lowest BCUT2D eigenvalue weighted by Gasteiger charge is -2.32. The number of fused-ring (bicyclic) bond motifs is 1. The first-order chi connectivity index (χ1) is 16.7. The Bertz CT molecular complexity index is 1000. The summed E-state index contributed by atoms with van der Waals surface area (Å²) in [6, 6.07) is 13.9. The number of hydrogen-bond donors (Lipinski definition) is 4.